The van der Waals surface area contributed by atoms with Crippen molar-refractivity contribution >= 4 is 17.7 Å². The maximum atomic E-state index is 12.2. The first-order chi connectivity index (χ1) is 10.7. The van der Waals surface area contributed by atoms with Crippen molar-refractivity contribution in [2.75, 3.05) is 19.4 Å². The predicted molar refractivity (Wildman–Crippen MR) is 91.3 cm³/mol. The third-order valence-electron chi connectivity index (χ3n) is 3.19. The Labute approximate surface area is 136 Å². The minimum Gasteiger partial charge on any atom is -0.494 e. The summed E-state index contributed by atoms with van der Waals surface area (Å²) in [5, 5.41) is 0. The van der Waals surface area contributed by atoms with Crippen LogP contribution >= 0.6 is 11.8 Å². The van der Waals surface area contributed by atoms with Crippen LogP contribution in [0.5, 0.6) is 5.75 Å². The first-order valence-corrected chi connectivity index (χ1v) is 8.31. The Hall–Kier alpha value is -1.94. The first-order valence-electron chi connectivity index (χ1n) is 7.32. The molecule has 0 N–H and O–H groups in total. The van der Waals surface area contributed by atoms with Gasteiger partial charge in [-0.25, -0.2) is 0 Å². The molecular weight excluding hydrogens is 294 g/mol. The van der Waals surface area contributed by atoms with E-state index in [0.717, 1.165) is 16.2 Å². The second-order valence-corrected chi connectivity index (χ2v) is 5.98. The Balaban J connectivity index is 1.83. The fourth-order valence-corrected chi connectivity index (χ4v) is 2.85. The molecule has 0 radical (unpaired) electrons. The minimum atomic E-state index is 0.128. The van der Waals surface area contributed by atoms with Gasteiger partial charge < -0.3 is 9.64 Å². The van der Waals surface area contributed by atoms with Crippen molar-refractivity contribution in [2.45, 2.75) is 18.4 Å². The number of amides is 1. The summed E-state index contributed by atoms with van der Waals surface area (Å²) in [6.07, 6.45) is 0. The van der Waals surface area contributed by atoms with Crippen LogP contribution in [-0.2, 0) is 11.3 Å². The molecule has 0 heterocycles. The summed E-state index contributed by atoms with van der Waals surface area (Å²) in [4.78, 5) is 15.0. The number of nitrogens with zero attached hydrogens (tertiary/aromatic N) is 1. The lowest BCUT2D eigenvalue weighted by atomic mass is 10.2. The van der Waals surface area contributed by atoms with Crippen LogP contribution in [0.4, 0.5) is 0 Å². The molecule has 116 valence electrons. The number of carbonyl (C=O) groups excluding carboxylic acids is 1. The molecule has 0 saturated carbocycles. The molecule has 4 heteroatoms. The Morgan fingerprint density at radius 3 is 2.41 bits per heavy atom. The van der Waals surface area contributed by atoms with E-state index in [9.17, 15) is 4.79 Å². The van der Waals surface area contributed by atoms with E-state index in [1.165, 1.54) is 0 Å². The highest BCUT2D eigenvalue weighted by molar-refractivity contribution is 8.00. The van der Waals surface area contributed by atoms with Crippen LogP contribution in [0.2, 0.25) is 0 Å². The normalized spacial score (nSPS) is 10.3. The molecule has 0 unspecified atom stereocenters. The van der Waals surface area contributed by atoms with Gasteiger partial charge in [-0.2, -0.15) is 0 Å². The van der Waals surface area contributed by atoms with E-state index in [0.29, 0.717) is 18.9 Å². The molecule has 2 rings (SSSR count). The van der Waals surface area contributed by atoms with Crippen LogP contribution in [0.25, 0.3) is 0 Å². The SMILES string of the molecule is CCOc1ccc(CN(C)C(=O)CSc2ccccc2)cc1. The third-order valence-corrected chi connectivity index (χ3v) is 4.18. The van der Waals surface area contributed by atoms with E-state index in [-0.39, 0.29) is 5.91 Å². The monoisotopic (exact) mass is 315 g/mol. The summed E-state index contributed by atoms with van der Waals surface area (Å²) in [5.41, 5.74) is 1.10. The first kappa shape index (κ1) is 16.4. The quantitative estimate of drug-likeness (QED) is 0.727. The molecule has 3 nitrogen and oxygen atoms in total. The van der Waals surface area contributed by atoms with Gasteiger partial charge in [-0.3, -0.25) is 4.79 Å². The summed E-state index contributed by atoms with van der Waals surface area (Å²) in [6.45, 7) is 3.24. The lowest BCUT2D eigenvalue weighted by molar-refractivity contribution is -0.127. The Morgan fingerprint density at radius 2 is 1.77 bits per heavy atom. The van der Waals surface area contributed by atoms with Crippen molar-refractivity contribution in [3.05, 3.63) is 60.2 Å². The van der Waals surface area contributed by atoms with E-state index in [2.05, 4.69) is 0 Å². The smallest absolute Gasteiger partial charge is 0.232 e. The topological polar surface area (TPSA) is 29.5 Å². The largest absolute Gasteiger partial charge is 0.494 e. The Morgan fingerprint density at radius 1 is 1.09 bits per heavy atom. The van der Waals surface area contributed by atoms with Crippen molar-refractivity contribution in [2.24, 2.45) is 0 Å². The summed E-state index contributed by atoms with van der Waals surface area (Å²) in [7, 11) is 1.84. The van der Waals surface area contributed by atoms with E-state index in [1.807, 2.05) is 68.6 Å². The molecule has 0 fully saturated rings. The molecule has 0 aliphatic carbocycles. The molecule has 0 aliphatic rings. The van der Waals surface area contributed by atoms with Crippen LogP contribution in [-0.4, -0.2) is 30.2 Å². The fraction of sp³-hybridized carbons (Fsp3) is 0.278. The van der Waals surface area contributed by atoms with Gasteiger partial charge in [-0.05, 0) is 36.8 Å². The number of hydrogen-bond acceptors (Lipinski definition) is 3. The molecule has 0 aliphatic heterocycles. The molecular formula is C18H21NO2S. The predicted octanol–water partition coefficient (Wildman–Crippen LogP) is 3.84. The number of thioether (sulfide) groups is 1. The molecule has 0 spiro atoms. The zero-order valence-electron chi connectivity index (χ0n) is 13.0. The molecule has 2 aromatic carbocycles. The zero-order valence-corrected chi connectivity index (χ0v) is 13.8. The highest BCUT2D eigenvalue weighted by Gasteiger charge is 2.10. The number of ether oxygens (including phenoxy) is 1. The average molecular weight is 315 g/mol. The fourth-order valence-electron chi connectivity index (χ4n) is 1.99. The highest BCUT2D eigenvalue weighted by Crippen LogP contribution is 2.18. The second-order valence-electron chi connectivity index (χ2n) is 4.93. The minimum absolute atomic E-state index is 0.128. The summed E-state index contributed by atoms with van der Waals surface area (Å²) in [5.74, 6) is 1.44. The molecule has 1 amide bonds. The Kier molecular flexibility index (Phi) is 6.34. The average Bonchev–Trinajstić information content (AvgIpc) is 2.55. The lowest BCUT2D eigenvalue weighted by Gasteiger charge is -2.17. The van der Waals surface area contributed by atoms with Crippen LogP contribution in [0.1, 0.15) is 12.5 Å². The maximum Gasteiger partial charge on any atom is 0.232 e. The molecule has 22 heavy (non-hydrogen) atoms. The Bertz CT molecular complexity index is 584. The van der Waals surface area contributed by atoms with E-state index >= 15 is 0 Å². The van der Waals surface area contributed by atoms with Gasteiger partial charge in [-0.15, -0.1) is 11.8 Å². The van der Waals surface area contributed by atoms with Gasteiger partial charge in [0.2, 0.25) is 5.91 Å². The number of carbonyl (C=O) groups is 1. The van der Waals surface area contributed by atoms with Crippen molar-refractivity contribution in [1.29, 1.82) is 0 Å². The molecule has 0 saturated heterocycles. The number of benzene rings is 2. The van der Waals surface area contributed by atoms with Crippen molar-refractivity contribution in [3.8, 4) is 5.75 Å². The van der Waals surface area contributed by atoms with Gasteiger partial charge >= 0.3 is 0 Å². The molecule has 0 atom stereocenters. The standard InChI is InChI=1S/C18H21NO2S/c1-3-21-16-11-9-15(10-12-16)13-19(2)18(20)14-22-17-7-5-4-6-8-17/h4-12H,3,13-14H2,1-2H3. The number of hydrogen-bond donors (Lipinski definition) is 0. The van der Waals surface area contributed by atoms with Gasteiger partial charge in [0.25, 0.3) is 0 Å². The van der Waals surface area contributed by atoms with Gasteiger partial charge in [-0.1, -0.05) is 30.3 Å². The van der Waals surface area contributed by atoms with E-state index in [1.54, 1.807) is 16.7 Å². The van der Waals surface area contributed by atoms with E-state index < -0.39 is 0 Å². The zero-order chi connectivity index (χ0) is 15.8. The maximum absolute atomic E-state index is 12.2. The van der Waals surface area contributed by atoms with Gasteiger partial charge in [0, 0.05) is 18.5 Å². The molecule has 0 aromatic heterocycles. The van der Waals surface area contributed by atoms with Crippen LogP contribution in [0.3, 0.4) is 0 Å². The van der Waals surface area contributed by atoms with Crippen molar-refractivity contribution in [3.63, 3.8) is 0 Å². The van der Waals surface area contributed by atoms with Gasteiger partial charge in [0.15, 0.2) is 0 Å². The van der Waals surface area contributed by atoms with Crippen LogP contribution in [0, 0.1) is 0 Å². The second kappa shape index (κ2) is 8.49. The van der Waals surface area contributed by atoms with Crippen LogP contribution in [0.15, 0.2) is 59.5 Å². The third kappa shape index (κ3) is 5.11. The van der Waals surface area contributed by atoms with Crippen LogP contribution < -0.4 is 4.74 Å². The number of rotatable bonds is 7. The van der Waals surface area contributed by atoms with Gasteiger partial charge in [0.1, 0.15) is 5.75 Å². The summed E-state index contributed by atoms with van der Waals surface area (Å²) >= 11 is 1.57. The van der Waals surface area contributed by atoms with E-state index in [4.69, 9.17) is 4.74 Å². The summed E-state index contributed by atoms with van der Waals surface area (Å²) in [6, 6.07) is 17.9. The van der Waals surface area contributed by atoms with Crippen molar-refractivity contribution < 1.29 is 9.53 Å². The lowest BCUT2D eigenvalue weighted by Crippen LogP contribution is -2.27. The summed E-state index contributed by atoms with van der Waals surface area (Å²) < 4.78 is 5.42. The molecule has 2 aromatic rings. The highest BCUT2D eigenvalue weighted by atomic mass is 32.2. The van der Waals surface area contributed by atoms with Crippen molar-refractivity contribution in [1.82, 2.24) is 4.90 Å². The molecule has 0 bridgehead atoms. The van der Waals surface area contributed by atoms with Gasteiger partial charge in [0.05, 0.1) is 12.4 Å².